The fraction of sp³-hybridized carbons (Fsp3) is 0.462. The maximum absolute atomic E-state index is 11.5. The quantitative estimate of drug-likeness (QED) is 0.605. The second kappa shape index (κ2) is 8.00. The zero-order chi connectivity index (χ0) is 13.4. The maximum atomic E-state index is 11.5. The number of para-hydroxylation sites is 1. The summed E-state index contributed by atoms with van der Waals surface area (Å²) in [6.45, 7) is 2.69. The summed E-state index contributed by atoms with van der Waals surface area (Å²) < 4.78 is 10.0. The zero-order valence-corrected chi connectivity index (χ0v) is 11.8. The number of rotatable bonds is 7. The van der Waals surface area contributed by atoms with Gasteiger partial charge in [0.05, 0.1) is 14.2 Å². The van der Waals surface area contributed by atoms with Gasteiger partial charge < -0.3 is 14.8 Å². The summed E-state index contributed by atoms with van der Waals surface area (Å²) in [7, 11) is 3.04. The SMILES string of the molecule is CCNC(CSc1ccccc1OC)C(=O)OC. The molecule has 1 atom stereocenters. The molecule has 0 aliphatic rings. The van der Waals surface area contributed by atoms with Gasteiger partial charge in [-0.25, -0.2) is 0 Å². The largest absolute Gasteiger partial charge is 0.496 e. The zero-order valence-electron chi connectivity index (χ0n) is 10.9. The Bertz CT molecular complexity index is 384. The molecule has 0 spiro atoms. The van der Waals surface area contributed by atoms with Gasteiger partial charge in [0.25, 0.3) is 0 Å². The summed E-state index contributed by atoms with van der Waals surface area (Å²) in [5, 5.41) is 3.10. The highest BCUT2D eigenvalue weighted by Gasteiger charge is 2.18. The highest BCUT2D eigenvalue weighted by molar-refractivity contribution is 7.99. The van der Waals surface area contributed by atoms with Crippen LogP contribution in [0.3, 0.4) is 0 Å². The minimum Gasteiger partial charge on any atom is -0.496 e. The van der Waals surface area contributed by atoms with Gasteiger partial charge >= 0.3 is 5.97 Å². The number of ether oxygens (including phenoxy) is 2. The van der Waals surface area contributed by atoms with Gasteiger partial charge in [0.2, 0.25) is 0 Å². The number of hydrogen-bond acceptors (Lipinski definition) is 5. The number of methoxy groups -OCH3 is 2. The average Bonchev–Trinajstić information content (AvgIpc) is 2.42. The molecule has 0 fully saturated rings. The number of nitrogens with one attached hydrogen (secondary N) is 1. The Balaban J connectivity index is 2.63. The number of likely N-dealkylation sites (N-methyl/N-ethyl adjacent to an activating group) is 1. The minimum atomic E-state index is -0.296. The van der Waals surface area contributed by atoms with Crippen molar-refractivity contribution in [3.8, 4) is 5.75 Å². The molecule has 0 amide bonds. The van der Waals surface area contributed by atoms with Crippen molar-refractivity contribution in [2.75, 3.05) is 26.5 Å². The summed E-state index contributed by atoms with van der Waals surface area (Å²) in [5.41, 5.74) is 0. The molecule has 0 aromatic heterocycles. The normalized spacial score (nSPS) is 11.9. The first-order chi connectivity index (χ1) is 8.72. The Morgan fingerprint density at radius 1 is 1.39 bits per heavy atom. The van der Waals surface area contributed by atoms with Crippen molar-refractivity contribution in [3.05, 3.63) is 24.3 Å². The first kappa shape index (κ1) is 14.9. The van der Waals surface area contributed by atoms with Crippen LogP contribution in [-0.2, 0) is 9.53 Å². The van der Waals surface area contributed by atoms with Gasteiger partial charge in [0.15, 0.2) is 0 Å². The van der Waals surface area contributed by atoms with Crippen LogP contribution in [0.5, 0.6) is 5.75 Å². The molecule has 1 aromatic carbocycles. The molecule has 0 heterocycles. The number of hydrogen-bond donors (Lipinski definition) is 1. The number of esters is 1. The summed E-state index contributed by atoms with van der Waals surface area (Å²) in [4.78, 5) is 12.6. The Hall–Kier alpha value is -1.20. The van der Waals surface area contributed by atoms with Gasteiger partial charge in [0, 0.05) is 10.6 Å². The lowest BCUT2D eigenvalue weighted by Crippen LogP contribution is -2.39. The smallest absolute Gasteiger partial charge is 0.323 e. The van der Waals surface area contributed by atoms with Crippen LogP contribution in [0.2, 0.25) is 0 Å². The number of carbonyl (C=O) groups excluding carboxylic acids is 1. The third-order valence-electron chi connectivity index (χ3n) is 2.41. The monoisotopic (exact) mass is 269 g/mol. The second-order valence-corrected chi connectivity index (χ2v) is 4.66. The molecule has 0 radical (unpaired) electrons. The molecule has 0 saturated heterocycles. The van der Waals surface area contributed by atoms with Crippen LogP contribution in [0.25, 0.3) is 0 Å². The van der Waals surface area contributed by atoms with Crippen LogP contribution in [0.15, 0.2) is 29.2 Å². The molecule has 0 bridgehead atoms. The second-order valence-electron chi connectivity index (χ2n) is 3.60. The topological polar surface area (TPSA) is 47.6 Å². The van der Waals surface area contributed by atoms with Crippen molar-refractivity contribution in [1.29, 1.82) is 0 Å². The lowest BCUT2D eigenvalue weighted by atomic mass is 10.3. The molecular formula is C13H19NO3S. The lowest BCUT2D eigenvalue weighted by Gasteiger charge is -2.15. The molecule has 1 unspecified atom stereocenters. The Morgan fingerprint density at radius 3 is 2.72 bits per heavy atom. The van der Waals surface area contributed by atoms with E-state index in [1.54, 1.807) is 18.9 Å². The summed E-state index contributed by atoms with van der Waals surface area (Å²) >= 11 is 1.58. The Morgan fingerprint density at radius 2 is 2.11 bits per heavy atom. The van der Waals surface area contributed by atoms with Crippen molar-refractivity contribution < 1.29 is 14.3 Å². The van der Waals surface area contributed by atoms with E-state index < -0.39 is 0 Å². The molecule has 18 heavy (non-hydrogen) atoms. The van der Waals surface area contributed by atoms with Crippen LogP contribution in [0.4, 0.5) is 0 Å². The highest BCUT2D eigenvalue weighted by Crippen LogP contribution is 2.29. The molecule has 1 N–H and O–H groups in total. The molecular weight excluding hydrogens is 250 g/mol. The fourth-order valence-electron chi connectivity index (χ4n) is 1.51. The van der Waals surface area contributed by atoms with E-state index in [2.05, 4.69) is 5.32 Å². The predicted octanol–water partition coefficient (Wildman–Crippen LogP) is 1.94. The van der Waals surface area contributed by atoms with E-state index in [0.29, 0.717) is 5.75 Å². The molecule has 0 aliphatic carbocycles. The van der Waals surface area contributed by atoms with E-state index in [9.17, 15) is 4.79 Å². The molecule has 0 saturated carbocycles. The van der Waals surface area contributed by atoms with Gasteiger partial charge in [-0.05, 0) is 18.7 Å². The molecule has 1 aromatic rings. The van der Waals surface area contributed by atoms with E-state index in [1.165, 1.54) is 7.11 Å². The summed E-state index contributed by atoms with van der Waals surface area (Å²) in [6, 6.07) is 7.46. The maximum Gasteiger partial charge on any atom is 0.323 e. The van der Waals surface area contributed by atoms with Gasteiger partial charge in [-0.3, -0.25) is 4.79 Å². The van der Waals surface area contributed by atoms with Gasteiger partial charge in [-0.2, -0.15) is 0 Å². The number of carbonyl (C=O) groups is 1. The van der Waals surface area contributed by atoms with Crippen molar-refractivity contribution in [2.24, 2.45) is 0 Å². The first-order valence-corrected chi connectivity index (χ1v) is 6.78. The fourth-order valence-corrected chi connectivity index (χ4v) is 2.58. The van der Waals surface area contributed by atoms with Gasteiger partial charge in [-0.15, -0.1) is 11.8 Å². The van der Waals surface area contributed by atoms with E-state index in [-0.39, 0.29) is 12.0 Å². The standard InChI is InChI=1S/C13H19NO3S/c1-4-14-10(13(15)17-3)9-18-12-8-6-5-7-11(12)16-2/h5-8,10,14H,4,9H2,1-3H3. The van der Waals surface area contributed by atoms with Crippen molar-refractivity contribution in [1.82, 2.24) is 5.32 Å². The van der Waals surface area contributed by atoms with Gasteiger partial charge in [0.1, 0.15) is 11.8 Å². The predicted molar refractivity (Wildman–Crippen MR) is 73.2 cm³/mol. The highest BCUT2D eigenvalue weighted by atomic mass is 32.2. The Kier molecular flexibility index (Phi) is 6.60. The third kappa shape index (κ3) is 4.23. The lowest BCUT2D eigenvalue weighted by molar-refractivity contribution is -0.142. The van der Waals surface area contributed by atoms with Crippen molar-refractivity contribution >= 4 is 17.7 Å². The third-order valence-corrected chi connectivity index (χ3v) is 3.56. The molecule has 4 nitrogen and oxygen atoms in total. The molecule has 1 rings (SSSR count). The molecule has 5 heteroatoms. The summed E-state index contributed by atoms with van der Waals surface area (Å²) in [6.07, 6.45) is 0. The first-order valence-electron chi connectivity index (χ1n) is 5.80. The molecule has 100 valence electrons. The average molecular weight is 269 g/mol. The van der Waals surface area contributed by atoms with Gasteiger partial charge in [-0.1, -0.05) is 19.1 Å². The minimum absolute atomic E-state index is 0.237. The van der Waals surface area contributed by atoms with E-state index in [0.717, 1.165) is 17.2 Å². The van der Waals surface area contributed by atoms with Crippen LogP contribution in [0, 0.1) is 0 Å². The van der Waals surface area contributed by atoms with E-state index in [1.807, 2.05) is 31.2 Å². The number of thioether (sulfide) groups is 1. The molecule has 0 aliphatic heterocycles. The van der Waals surface area contributed by atoms with E-state index >= 15 is 0 Å². The van der Waals surface area contributed by atoms with Crippen molar-refractivity contribution in [2.45, 2.75) is 17.9 Å². The number of benzene rings is 1. The van der Waals surface area contributed by atoms with Crippen LogP contribution < -0.4 is 10.1 Å². The van der Waals surface area contributed by atoms with Crippen LogP contribution in [0.1, 0.15) is 6.92 Å². The van der Waals surface area contributed by atoms with Crippen LogP contribution >= 0.6 is 11.8 Å². The van der Waals surface area contributed by atoms with Crippen LogP contribution in [-0.4, -0.2) is 38.5 Å². The summed E-state index contributed by atoms with van der Waals surface area (Å²) in [5.74, 6) is 1.20. The van der Waals surface area contributed by atoms with E-state index in [4.69, 9.17) is 9.47 Å². The van der Waals surface area contributed by atoms with Crippen molar-refractivity contribution in [3.63, 3.8) is 0 Å². The Labute approximate surface area is 112 Å².